The maximum absolute atomic E-state index is 12.9. The summed E-state index contributed by atoms with van der Waals surface area (Å²) >= 11 is 5.97. The molecular formula is C23H27ClN4O4. The molecular weight excluding hydrogens is 432 g/mol. The van der Waals surface area contributed by atoms with E-state index in [1.54, 1.807) is 36.2 Å². The molecule has 0 saturated carbocycles. The van der Waals surface area contributed by atoms with Gasteiger partial charge < -0.3 is 24.2 Å². The van der Waals surface area contributed by atoms with E-state index in [9.17, 15) is 9.59 Å². The van der Waals surface area contributed by atoms with E-state index in [1.807, 2.05) is 35.2 Å². The number of amides is 3. The van der Waals surface area contributed by atoms with Crippen LogP contribution in [0.4, 0.5) is 16.2 Å². The van der Waals surface area contributed by atoms with Crippen LogP contribution >= 0.6 is 11.6 Å². The van der Waals surface area contributed by atoms with E-state index < -0.39 is 0 Å². The van der Waals surface area contributed by atoms with Crippen LogP contribution < -0.4 is 19.3 Å². The summed E-state index contributed by atoms with van der Waals surface area (Å²) in [6.07, 6.45) is 0. The van der Waals surface area contributed by atoms with Crippen LogP contribution in [0, 0.1) is 0 Å². The van der Waals surface area contributed by atoms with Gasteiger partial charge in [-0.25, -0.2) is 4.79 Å². The van der Waals surface area contributed by atoms with Gasteiger partial charge in [-0.2, -0.15) is 0 Å². The highest BCUT2D eigenvalue weighted by molar-refractivity contribution is 6.30. The molecule has 3 amide bonds. The summed E-state index contributed by atoms with van der Waals surface area (Å²) in [7, 11) is 3.13. The fraction of sp³-hybridized carbons (Fsp3) is 0.391. The second-order valence-corrected chi connectivity index (χ2v) is 8.18. The Balaban J connectivity index is 1.33. The van der Waals surface area contributed by atoms with Crippen LogP contribution in [0.25, 0.3) is 0 Å². The molecule has 0 bridgehead atoms. The summed E-state index contributed by atoms with van der Waals surface area (Å²) in [6.45, 7) is 3.86. The number of nitrogens with zero attached hydrogens (tertiary/aromatic N) is 4. The number of urea groups is 1. The number of ether oxygens (including phenoxy) is 2. The van der Waals surface area contributed by atoms with E-state index in [0.717, 1.165) is 24.5 Å². The Morgan fingerprint density at radius 3 is 2.19 bits per heavy atom. The molecule has 2 aromatic carbocycles. The van der Waals surface area contributed by atoms with Gasteiger partial charge in [-0.3, -0.25) is 9.69 Å². The molecule has 9 heteroatoms. The highest BCUT2D eigenvalue weighted by atomic mass is 35.5. The quantitative estimate of drug-likeness (QED) is 0.666. The lowest BCUT2D eigenvalue weighted by atomic mass is 10.2. The second kappa shape index (κ2) is 9.56. The van der Waals surface area contributed by atoms with Crippen LogP contribution in [0.3, 0.4) is 0 Å². The van der Waals surface area contributed by atoms with E-state index in [0.29, 0.717) is 42.7 Å². The van der Waals surface area contributed by atoms with Crippen molar-refractivity contribution in [3.8, 4) is 11.5 Å². The van der Waals surface area contributed by atoms with Crippen molar-refractivity contribution in [2.45, 2.75) is 0 Å². The molecule has 4 rings (SSSR count). The Morgan fingerprint density at radius 1 is 0.875 bits per heavy atom. The number of carbonyl (C=O) groups excluding carboxylic acids is 2. The first-order chi connectivity index (χ1) is 15.5. The summed E-state index contributed by atoms with van der Waals surface area (Å²) in [6, 6.07) is 12.9. The first kappa shape index (κ1) is 22.1. The van der Waals surface area contributed by atoms with Gasteiger partial charge in [0.15, 0.2) is 11.5 Å². The van der Waals surface area contributed by atoms with Gasteiger partial charge in [0.1, 0.15) is 6.54 Å². The number of piperazine rings is 1. The number of hydrogen-bond donors (Lipinski definition) is 0. The maximum Gasteiger partial charge on any atom is 0.325 e. The molecule has 2 aromatic rings. The third kappa shape index (κ3) is 4.55. The lowest BCUT2D eigenvalue weighted by Gasteiger charge is -2.36. The van der Waals surface area contributed by atoms with E-state index in [1.165, 1.54) is 0 Å². The van der Waals surface area contributed by atoms with Gasteiger partial charge in [0, 0.05) is 61.7 Å². The van der Waals surface area contributed by atoms with Gasteiger partial charge >= 0.3 is 6.03 Å². The van der Waals surface area contributed by atoms with Crippen LogP contribution in [0.1, 0.15) is 0 Å². The number of rotatable bonds is 6. The molecule has 8 nitrogen and oxygen atoms in total. The minimum absolute atomic E-state index is 0.0248. The fourth-order valence-corrected chi connectivity index (χ4v) is 4.22. The Kier molecular flexibility index (Phi) is 6.60. The Bertz CT molecular complexity index is 976. The number of benzene rings is 2. The second-order valence-electron chi connectivity index (χ2n) is 7.74. The molecule has 2 aliphatic heterocycles. The normalized spacial score (nSPS) is 16.5. The first-order valence-electron chi connectivity index (χ1n) is 10.6. The van der Waals surface area contributed by atoms with Crippen molar-refractivity contribution in [2.75, 3.05) is 69.8 Å². The molecule has 0 unspecified atom stereocenters. The number of methoxy groups -OCH3 is 2. The molecule has 170 valence electrons. The number of carbonyl (C=O) groups is 2. The van der Waals surface area contributed by atoms with Crippen LogP contribution in [0.2, 0.25) is 5.02 Å². The average Bonchev–Trinajstić information content (AvgIpc) is 3.19. The van der Waals surface area contributed by atoms with Crippen molar-refractivity contribution in [1.82, 2.24) is 9.80 Å². The van der Waals surface area contributed by atoms with Gasteiger partial charge in [0.05, 0.1) is 14.2 Å². The van der Waals surface area contributed by atoms with Gasteiger partial charge in [-0.05, 0) is 36.4 Å². The zero-order valence-electron chi connectivity index (χ0n) is 18.3. The number of anilines is 2. The van der Waals surface area contributed by atoms with Gasteiger partial charge in [0.25, 0.3) is 0 Å². The van der Waals surface area contributed by atoms with E-state index in [2.05, 4.69) is 4.90 Å². The van der Waals surface area contributed by atoms with Crippen LogP contribution in [0.5, 0.6) is 11.5 Å². The minimum atomic E-state index is -0.176. The first-order valence-corrected chi connectivity index (χ1v) is 10.9. The molecule has 0 spiro atoms. The SMILES string of the molecule is COc1ccc(N2CCN(CC(=O)N3CCN(c4ccc(Cl)cc4)CC3)C2=O)cc1OC. The summed E-state index contributed by atoms with van der Waals surface area (Å²) < 4.78 is 10.6. The van der Waals surface area contributed by atoms with Crippen molar-refractivity contribution in [3.63, 3.8) is 0 Å². The summed E-state index contributed by atoms with van der Waals surface area (Å²) in [5.74, 6) is 1.14. The zero-order chi connectivity index (χ0) is 22.7. The largest absolute Gasteiger partial charge is 0.493 e. The topological polar surface area (TPSA) is 65.6 Å². The summed E-state index contributed by atoms with van der Waals surface area (Å²) in [5.41, 5.74) is 1.82. The van der Waals surface area contributed by atoms with Crippen molar-refractivity contribution in [2.24, 2.45) is 0 Å². The lowest BCUT2D eigenvalue weighted by Crippen LogP contribution is -2.51. The van der Waals surface area contributed by atoms with Crippen molar-refractivity contribution in [1.29, 1.82) is 0 Å². The molecule has 2 saturated heterocycles. The standard InChI is InChI=1S/C23H27ClN4O4/c1-31-20-8-7-19(15-21(20)32-2)28-14-13-27(23(28)30)16-22(29)26-11-9-25(10-12-26)18-5-3-17(24)4-6-18/h3-8,15H,9-14,16H2,1-2H3. The third-order valence-corrected chi connectivity index (χ3v) is 6.18. The number of halogens is 1. The molecule has 2 heterocycles. The van der Waals surface area contributed by atoms with Crippen LogP contribution in [0.15, 0.2) is 42.5 Å². The predicted octanol–water partition coefficient (Wildman–Crippen LogP) is 2.95. The van der Waals surface area contributed by atoms with Crippen LogP contribution in [-0.4, -0.2) is 81.8 Å². The molecule has 0 aromatic heterocycles. The highest BCUT2D eigenvalue weighted by Crippen LogP contribution is 2.32. The van der Waals surface area contributed by atoms with Gasteiger partial charge in [0.2, 0.25) is 5.91 Å². The monoisotopic (exact) mass is 458 g/mol. The van der Waals surface area contributed by atoms with Crippen molar-refractivity contribution < 1.29 is 19.1 Å². The highest BCUT2D eigenvalue weighted by Gasteiger charge is 2.33. The van der Waals surface area contributed by atoms with Crippen LogP contribution in [-0.2, 0) is 4.79 Å². The van der Waals surface area contributed by atoms with Crippen molar-refractivity contribution in [3.05, 3.63) is 47.5 Å². The maximum atomic E-state index is 12.9. The molecule has 0 atom stereocenters. The molecule has 0 N–H and O–H groups in total. The predicted molar refractivity (Wildman–Crippen MR) is 124 cm³/mol. The lowest BCUT2D eigenvalue weighted by molar-refractivity contribution is -0.131. The van der Waals surface area contributed by atoms with Gasteiger partial charge in [-0.1, -0.05) is 11.6 Å². The Hall–Kier alpha value is -3.13. The van der Waals surface area contributed by atoms with E-state index >= 15 is 0 Å². The third-order valence-electron chi connectivity index (χ3n) is 5.92. The van der Waals surface area contributed by atoms with Gasteiger partial charge in [-0.15, -0.1) is 0 Å². The molecule has 2 aliphatic rings. The number of hydrogen-bond acceptors (Lipinski definition) is 5. The molecule has 32 heavy (non-hydrogen) atoms. The smallest absolute Gasteiger partial charge is 0.325 e. The van der Waals surface area contributed by atoms with E-state index in [4.69, 9.17) is 21.1 Å². The minimum Gasteiger partial charge on any atom is -0.493 e. The Morgan fingerprint density at radius 2 is 1.53 bits per heavy atom. The molecule has 0 radical (unpaired) electrons. The van der Waals surface area contributed by atoms with E-state index in [-0.39, 0.29) is 18.5 Å². The fourth-order valence-electron chi connectivity index (χ4n) is 4.09. The average molecular weight is 459 g/mol. The van der Waals surface area contributed by atoms with Crippen molar-refractivity contribution >= 4 is 34.9 Å². The Labute approximate surface area is 192 Å². The zero-order valence-corrected chi connectivity index (χ0v) is 19.0. The summed E-state index contributed by atoms with van der Waals surface area (Å²) in [4.78, 5) is 33.1. The molecule has 0 aliphatic carbocycles. The summed E-state index contributed by atoms with van der Waals surface area (Å²) in [5, 5.41) is 0.708. The molecule has 2 fully saturated rings.